The van der Waals surface area contributed by atoms with Crippen LogP contribution in [0.5, 0.6) is 11.5 Å². The predicted octanol–water partition coefficient (Wildman–Crippen LogP) is 3.83. The van der Waals surface area contributed by atoms with Crippen LogP contribution in [0.4, 0.5) is 10.2 Å². The van der Waals surface area contributed by atoms with E-state index in [1.54, 1.807) is 18.3 Å². The van der Waals surface area contributed by atoms with Gasteiger partial charge in [-0.15, -0.1) is 10.2 Å². The number of ether oxygens (including phenoxy) is 1. The minimum Gasteiger partial charge on any atom is -0.507 e. The maximum Gasteiger partial charge on any atom is 0.185 e. The number of aromatic hydroxyl groups is 1. The summed E-state index contributed by atoms with van der Waals surface area (Å²) >= 11 is 0. The van der Waals surface area contributed by atoms with E-state index in [9.17, 15) is 5.11 Å². The van der Waals surface area contributed by atoms with Crippen LogP contribution in [0.2, 0.25) is 0 Å². The van der Waals surface area contributed by atoms with Gasteiger partial charge in [-0.05, 0) is 68.7 Å². The fraction of sp³-hybridized carbons (Fsp3) is 0.481. The van der Waals surface area contributed by atoms with Crippen molar-refractivity contribution in [2.75, 3.05) is 11.5 Å². The molecule has 1 aromatic carbocycles. The lowest BCUT2D eigenvalue weighted by atomic mass is 9.96. The highest BCUT2D eigenvalue weighted by atomic mass is 19.1. The molecule has 0 amide bonds. The summed E-state index contributed by atoms with van der Waals surface area (Å²) in [5.74, 6) is 1.83. The van der Waals surface area contributed by atoms with E-state index in [4.69, 9.17) is 4.74 Å². The number of fused-ring (bicyclic) bond motifs is 3. The zero-order valence-corrected chi connectivity index (χ0v) is 20.0. The van der Waals surface area contributed by atoms with Crippen LogP contribution in [0, 0.1) is 0 Å². The van der Waals surface area contributed by atoms with E-state index in [0.29, 0.717) is 35.9 Å². The Bertz CT molecular complexity index is 1280. The Hall–Kier alpha value is -3.33. The first kappa shape index (κ1) is 21.9. The molecular weight excluding hydrogens is 459 g/mol. The van der Waals surface area contributed by atoms with E-state index in [-0.39, 0.29) is 17.8 Å². The number of nitrogens with one attached hydrogen (secondary N) is 1. The second-order valence-electron chi connectivity index (χ2n) is 10.4. The largest absolute Gasteiger partial charge is 0.507 e. The molecule has 3 aromatic rings. The van der Waals surface area contributed by atoms with Gasteiger partial charge in [-0.2, -0.15) is 0 Å². The average Bonchev–Trinajstić information content (AvgIpc) is 3.66. The molecule has 36 heavy (non-hydrogen) atoms. The third-order valence-corrected chi connectivity index (χ3v) is 7.98. The lowest BCUT2D eigenvalue weighted by Gasteiger charge is -2.40. The standard InChI is InChI=1S/C27H29FN6O2/c28-26-21-8-4-17(31-21)12-22(26)34(18-5-6-18)25-14-30-27(33-32-25)19-7-3-15(10-23(19)35)16-11-24-20(29-13-16)2-1-9-36-24/h3,7,10-11,13-14,17-18,21-22,26,31,35H,1-2,4-6,8-9,12H2/t17-,21-,22+,26-/m0/s1. The molecule has 2 aromatic heterocycles. The number of hydrogen-bond acceptors (Lipinski definition) is 8. The molecule has 2 saturated heterocycles. The molecule has 2 N–H and O–H groups in total. The summed E-state index contributed by atoms with van der Waals surface area (Å²) in [5.41, 5.74) is 3.19. The smallest absolute Gasteiger partial charge is 0.185 e. The van der Waals surface area contributed by atoms with Gasteiger partial charge in [0.2, 0.25) is 0 Å². The van der Waals surface area contributed by atoms with Gasteiger partial charge in [-0.25, -0.2) is 9.37 Å². The van der Waals surface area contributed by atoms with Crippen LogP contribution in [-0.4, -0.2) is 62.2 Å². The molecule has 4 aliphatic rings. The normalized spacial score (nSPS) is 26.8. The van der Waals surface area contributed by atoms with Crippen LogP contribution in [0.25, 0.3) is 22.5 Å². The van der Waals surface area contributed by atoms with E-state index in [0.717, 1.165) is 67.5 Å². The molecular formula is C27H29FN6O2. The zero-order chi connectivity index (χ0) is 24.2. The summed E-state index contributed by atoms with van der Waals surface area (Å²) in [5, 5.41) is 23.0. The molecule has 0 radical (unpaired) electrons. The van der Waals surface area contributed by atoms with Crippen molar-refractivity contribution in [2.45, 2.75) is 75.3 Å². The van der Waals surface area contributed by atoms with Crippen molar-refractivity contribution in [3.05, 3.63) is 42.4 Å². The van der Waals surface area contributed by atoms with Gasteiger partial charge in [-0.1, -0.05) is 6.07 Å². The number of benzene rings is 1. The lowest BCUT2D eigenvalue weighted by Crippen LogP contribution is -2.57. The van der Waals surface area contributed by atoms with Crippen LogP contribution in [-0.2, 0) is 6.42 Å². The number of nitrogens with zero attached hydrogens (tertiary/aromatic N) is 5. The zero-order valence-electron chi connectivity index (χ0n) is 20.0. The van der Waals surface area contributed by atoms with Crippen molar-refractivity contribution in [1.29, 1.82) is 0 Å². The minimum atomic E-state index is -0.925. The average molecular weight is 489 g/mol. The number of pyridine rings is 1. The Balaban J connectivity index is 1.14. The summed E-state index contributed by atoms with van der Waals surface area (Å²) in [6.07, 6.45) is 9.26. The maximum absolute atomic E-state index is 15.3. The van der Waals surface area contributed by atoms with E-state index in [1.165, 1.54) is 0 Å². The van der Waals surface area contributed by atoms with Gasteiger partial charge >= 0.3 is 0 Å². The van der Waals surface area contributed by atoms with Gasteiger partial charge in [0.15, 0.2) is 11.6 Å². The summed E-state index contributed by atoms with van der Waals surface area (Å²) in [4.78, 5) is 11.2. The van der Waals surface area contributed by atoms with Crippen LogP contribution in [0.1, 0.15) is 44.2 Å². The molecule has 5 heterocycles. The monoisotopic (exact) mass is 488 g/mol. The highest BCUT2D eigenvalue weighted by Gasteiger charge is 2.48. The van der Waals surface area contributed by atoms with Gasteiger partial charge in [0.25, 0.3) is 0 Å². The molecule has 1 saturated carbocycles. The third-order valence-electron chi connectivity index (χ3n) is 7.98. The van der Waals surface area contributed by atoms with Crippen molar-refractivity contribution in [3.8, 4) is 34.0 Å². The maximum atomic E-state index is 15.3. The Labute approximate surface area is 208 Å². The number of aromatic nitrogens is 4. The molecule has 4 atom stereocenters. The summed E-state index contributed by atoms with van der Waals surface area (Å²) in [6, 6.07) is 7.78. The number of anilines is 1. The van der Waals surface area contributed by atoms with E-state index < -0.39 is 6.17 Å². The van der Waals surface area contributed by atoms with Gasteiger partial charge < -0.3 is 20.1 Å². The number of alkyl halides is 1. The highest BCUT2D eigenvalue weighted by molar-refractivity contribution is 5.73. The first-order valence-electron chi connectivity index (χ1n) is 13.0. The predicted molar refractivity (Wildman–Crippen MR) is 133 cm³/mol. The number of rotatable bonds is 5. The fourth-order valence-electron chi connectivity index (χ4n) is 6.00. The molecule has 7 rings (SSSR count). The Kier molecular flexibility index (Phi) is 5.27. The summed E-state index contributed by atoms with van der Waals surface area (Å²) in [6.45, 7) is 0.700. The van der Waals surface area contributed by atoms with Gasteiger partial charge in [-0.3, -0.25) is 4.98 Å². The number of phenols is 1. The van der Waals surface area contributed by atoms with Gasteiger partial charge in [0.05, 0.1) is 30.1 Å². The van der Waals surface area contributed by atoms with Gasteiger partial charge in [0, 0.05) is 29.9 Å². The van der Waals surface area contributed by atoms with Crippen molar-refractivity contribution in [3.63, 3.8) is 0 Å². The topological polar surface area (TPSA) is 96.3 Å². The summed E-state index contributed by atoms with van der Waals surface area (Å²) in [7, 11) is 0. The first-order chi connectivity index (χ1) is 17.6. The van der Waals surface area contributed by atoms with Gasteiger partial charge in [0.1, 0.15) is 17.7 Å². The van der Waals surface area contributed by atoms with Crippen molar-refractivity contribution >= 4 is 5.82 Å². The summed E-state index contributed by atoms with van der Waals surface area (Å²) < 4.78 is 21.1. The molecule has 1 aliphatic carbocycles. The van der Waals surface area contributed by atoms with Crippen molar-refractivity contribution in [1.82, 2.24) is 25.5 Å². The second-order valence-corrected chi connectivity index (χ2v) is 10.4. The molecule has 0 spiro atoms. The second kappa shape index (κ2) is 8.65. The minimum absolute atomic E-state index is 0.0671. The first-order valence-corrected chi connectivity index (χ1v) is 13.0. The number of halogens is 1. The molecule has 9 heteroatoms. The number of aryl methyl sites for hydroxylation is 1. The molecule has 3 fully saturated rings. The Morgan fingerprint density at radius 3 is 2.75 bits per heavy atom. The molecule has 8 nitrogen and oxygen atoms in total. The lowest BCUT2D eigenvalue weighted by molar-refractivity contribution is 0.171. The number of piperidine rings is 1. The SMILES string of the molecule is Oc1cc(-c2cnc3c(c2)OCCC3)ccc1-c1ncc(N(C2CC2)[C@@H]2C[C@@H]3CC[C@H](N3)[C@@H]2F)nn1. The molecule has 0 unspecified atom stereocenters. The van der Waals surface area contributed by atoms with E-state index >= 15 is 4.39 Å². The van der Waals surface area contributed by atoms with E-state index in [2.05, 4.69) is 30.4 Å². The number of hydrogen-bond donors (Lipinski definition) is 2. The van der Waals surface area contributed by atoms with Crippen LogP contribution in [0.15, 0.2) is 36.7 Å². The quantitative estimate of drug-likeness (QED) is 0.560. The van der Waals surface area contributed by atoms with Crippen LogP contribution < -0.4 is 15.0 Å². The Morgan fingerprint density at radius 1 is 1.03 bits per heavy atom. The third kappa shape index (κ3) is 3.86. The van der Waals surface area contributed by atoms with Crippen molar-refractivity contribution < 1.29 is 14.2 Å². The highest BCUT2D eigenvalue weighted by Crippen LogP contribution is 2.40. The van der Waals surface area contributed by atoms with E-state index in [1.807, 2.05) is 18.3 Å². The van der Waals surface area contributed by atoms with Crippen molar-refractivity contribution in [2.24, 2.45) is 0 Å². The molecule has 2 bridgehead atoms. The van der Waals surface area contributed by atoms with Crippen LogP contribution in [0.3, 0.4) is 0 Å². The molecule has 186 valence electrons. The molecule has 3 aliphatic heterocycles. The van der Waals surface area contributed by atoms with Crippen LogP contribution >= 0.6 is 0 Å². The Morgan fingerprint density at radius 2 is 1.94 bits per heavy atom. The fourth-order valence-corrected chi connectivity index (χ4v) is 6.00. The number of phenolic OH excluding ortho intramolecular Hbond substituents is 1.